The number of carbonyl (C=O) groups is 2. The molecule has 2 amide bonds. The minimum atomic E-state index is -0.855. The molecule has 0 aliphatic carbocycles. The van der Waals surface area contributed by atoms with Gasteiger partial charge < -0.3 is 24.8 Å². The second-order valence-electron chi connectivity index (χ2n) is 6.65. The number of rotatable bonds is 5. The number of anilines is 1. The third kappa shape index (κ3) is 4.42. The summed E-state index contributed by atoms with van der Waals surface area (Å²) >= 11 is 0. The molecule has 2 unspecified atom stereocenters. The third-order valence-electron chi connectivity index (χ3n) is 4.65. The standard InChI is InChI=1S/C18H24N2O5/c1-12-4-5-15(16(9-12)25-11-14-3-2-8-24-14)19-18(23)20-7-6-13(10-20)17(21)22/h4-5,9,13-14H,2-3,6-8,10-11H2,1H3,(H,19,23)(H,21,22). The first-order valence-electron chi connectivity index (χ1n) is 8.66. The summed E-state index contributed by atoms with van der Waals surface area (Å²) < 4.78 is 11.4. The molecule has 1 aromatic rings. The summed E-state index contributed by atoms with van der Waals surface area (Å²) in [4.78, 5) is 25.0. The van der Waals surface area contributed by atoms with Crippen LogP contribution in [0.25, 0.3) is 0 Å². The van der Waals surface area contributed by atoms with Gasteiger partial charge in [0.15, 0.2) is 0 Å². The minimum Gasteiger partial charge on any atom is -0.489 e. The van der Waals surface area contributed by atoms with E-state index in [1.807, 2.05) is 25.1 Å². The summed E-state index contributed by atoms with van der Waals surface area (Å²) in [6.45, 7) is 3.87. The van der Waals surface area contributed by atoms with Crippen LogP contribution in [0.1, 0.15) is 24.8 Å². The van der Waals surface area contributed by atoms with Gasteiger partial charge >= 0.3 is 12.0 Å². The van der Waals surface area contributed by atoms with Crippen LogP contribution in [-0.2, 0) is 9.53 Å². The van der Waals surface area contributed by atoms with Crippen molar-refractivity contribution in [1.82, 2.24) is 4.90 Å². The average Bonchev–Trinajstić information content (AvgIpc) is 3.26. The number of ether oxygens (including phenoxy) is 2. The van der Waals surface area contributed by atoms with E-state index in [2.05, 4.69) is 5.32 Å². The number of amides is 2. The van der Waals surface area contributed by atoms with Crippen molar-refractivity contribution in [3.8, 4) is 5.75 Å². The maximum atomic E-state index is 12.4. The lowest BCUT2D eigenvalue weighted by molar-refractivity contribution is -0.141. The molecule has 2 saturated heterocycles. The summed E-state index contributed by atoms with van der Waals surface area (Å²) in [7, 11) is 0. The van der Waals surface area contributed by atoms with Crippen LogP contribution in [0.3, 0.4) is 0 Å². The normalized spacial score (nSPS) is 22.8. The number of urea groups is 1. The van der Waals surface area contributed by atoms with Crippen molar-refractivity contribution in [3.63, 3.8) is 0 Å². The Bertz CT molecular complexity index is 642. The Balaban J connectivity index is 1.63. The molecule has 0 bridgehead atoms. The van der Waals surface area contributed by atoms with E-state index < -0.39 is 11.9 Å². The van der Waals surface area contributed by atoms with Crippen molar-refractivity contribution >= 4 is 17.7 Å². The highest BCUT2D eigenvalue weighted by Crippen LogP contribution is 2.28. The SMILES string of the molecule is Cc1ccc(NC(=O)N2CCC(C(=O)O)C2)c(OCC2CCCO2)c1. The predicted octanol–water partition coefficient (Wildman–Crippen LogP) is 2.49. The molecule has 3 rings (SSSR count). The van der Waals surface area contributed by atoms with Crippen molar-refractivity contribution in [2.45, 2.75) is 32.3 Å². The van der Waals surface area contributed by atoms with E-state index in [0.717, 1.165) is 25.0 Å². The summed E-state index contributed by atoms with van der Waals surface area (Å²) in [6.07, 6.45) is 2.61. The van der Waals surface area contributed by atoms with Gasteiger partial charge in [-0.05, 0) is 43.9 Å². The Morgan fingerprint density at radius 3 is 2.92 bits per heavy atom. The highest BCUT2D eigenvalue weighted by molar-refractivity contribution is 5.91. The zero-order chi connectivity index (χ0) is 17.8. The van der Waals surface area contributed by atoms with E-state index in [4.69, 9.17) is 14.6 Å². The van der Waals surface area contributed by atoms with Crippen molar-refractivity contribution in [1.29, 1.82) is 0 Å². The van der Waals surface area contributed by atoms with Crippen LogP contribution in [0.15, 0.2) is 18.2 Å². The van der Waals surface area contributed by atoms with Crippen molar-refractivity contribution < 1.29 is 24.2 Å². The molecule has 2 aliphatic heterocycles. The Kier molecular flexibility index (Phi) is 5.43. The molecule has 0 aromatic heterocycles. The third-order valence-corrected chi connectivity index (χ3v) is 4.65. The van der Waals surface area contributed by atoms with Gasteiger partial charge in [-0.1, -0.05) is 6.07 Å². The molecule has 0 spiro atoms. The summed E-state index contributed by atoms with van der Waals surface area (Å²) in [5.74, 6) is -0.733. The Hall–Kier alpha value is -2.28. The maximum Gasteiger partial charge on any atom is 0.321 e. The zero-order valence-electron chi connectivity index (χ0n) is 14.4. The topological polar surface area (TPSA) is 88.1 Å². The van der Waals surface area contributed by atoms with E-state index in [9.17, 15) is 9.59 Å². The first-order chi connectivity index (χ1) is 12.0. The molecule has 2 atom stereocenters. The second kappa shape index (κ2) is 7.74. The number of hydrogen-bond acceptors (Lipinski definition) is 4. The lowest BCUT2D eigenvalue weighted by Gasteiger charge is -2.19. The van der Waals surface area contributed by atoms with Gasteiger partial charge in [0, 0.05) is 19.7 Å². The number of likely N-dealkylation sites (tertiary alicyclic amines) is 1. The van der Waals surface area contributed by atoms with Crippen LogP contribution in [0.5, 0.6) is 5.75 Å². The number of aryl methyl sites for hydroxylation is 1. The van der Waals surface area contributed by atoms with Gasteiger partial charge in [-0.15, -0.1) is 0 Å². The van der Waals surface area contributed by atoms with Crippen LogP contribution in [0.4, 0.5) is 10.5 Å². The molecule has 7 heteroatoms. The monoisotopic (exact) mass is 348 g/mol. The molecular weight excluding hydrogens is 324 g/mol. The first-order valence-corrected chi connectivity index (χ1v) is 8.66. The molecule has 136 valence electrons. The summed E-state index contributed by atoms with van der Waals surface area (Å²) in [5, 5.41) is 11.9. The molecule has 2 fully saturated rings. The highest BCUT2D eigenvalue weighted by atomic mass is 16.5. The van der Waals surface area contributed by atoms with Crippen LogP contribution in [-0.4, -0.2) is 54.4 Å². The summed E-state index contributed by atoms with van der Waals surface area (Å²) in [6, 6.07) is 5.30. The van der Waals surface area contributed by atoms with Crippen molar-refractivity contribution in [3.05, 3.63) is 23.8 Å². The van der Waals surface area contributed by atoms with Gasteiger partial charge in [-0.25, -0.2) is 4.79 Å². The highest BCUT2D eigenvalue weighted by Gasteiger charge is 2.31. The van der Waals surface area contributed by atoms with E-state index in [1.54, 1.807) is 0 Å². The largest absolute Gasteiger partial charge is 0.489 e. The van der Waals surface area contributed by atoms with Crippen LogP contribution < -0.4 is 10.1 Å². The molecular formula is C18H24N2O5. The van der Waals surface area contributed by atoms with Gasteiger partial charge in [-0.2, -0.15) is 0 Å². The molecule has 0 saturated carbocycles. The van der Waals surface area contributed by atoms with Gasteiger partial charge in [0.05, 0.1) is 17.7 Å². The molecule has 7 nitrogen and oxygen atoms in total. The predicted molar refractivity (Wildman–Crippen MR) is 92.0 cm³/mol. The molecule has 2 heterocycles. The maximum absolute atomic E-state index is 12.4. The smallest absolute Gasteiger partial charge is 0.321 e. The Morgan fingerprint density at radius 2 is 2.24 bits per heavy atom. The average molecular weight is 348 g/mol. The number of benzene rings is 1. The lowest BCUT2D eigenvalue weighted by atomic mass is 10.1. The first kappa shape index (κ1) is 17.5. The molecule has 2 N–H and O–H groups in total. The van der Waals surface area contributed by atoms with Crippen molar-refractivity contribution in [2.24, 2.45) is 5.92 Å². The molecule has 0 radical (unpaired) electrons. The van der Waals surface area contributed by atoms with Gasteiger partial charge in [0.1, 0.15) is 12.4 Å². The van der Waals surface area contributed by atoms with Crippen LogP contribution in [0.2, 0.25) is 0 Å². The Labute approximate surface area is 146 Å². The van der Waals surface area contributed by atoms with E-state index in [1.165, 1.54) is 4.90 Å². The number of aliphatic carboxylic acids is 1. The number of carboxylic acids is 1. The number of carbonyl (C=O) groups excluding carboxylic acids is 1. The molecule has 2 aliphatic rings. The fraction of sp³-hybridized carbons (Fsp3) is 0.556. The summed E-state index contributed by atoms with van der Waals surface area (Å²) in [5.41, 5.74) is 1.62. The van der Waals surface area contributed by atoms with Crippen LogP contribution in [0, 0.1) is 12.8 Å². The van der Waals surface area contributed by atoms with E-state index in [0.29, 0.717) is 31.0 Å². The van der Waals surface area contributed by atoms with Gasteiger partial charge in [-0.3, -0.25) is 4.79 Å². The van der Waals surface area contributed by atoms with Gasteiger partial charge in [0.25, 0.3) is 0 Å². The number of nitrogens with zero attached hydrogens (tertiary/aromatic N) is 1. The quantitative estimate of drug-likeness (QED) is 0.853. The Morgan fingerprint density at radius 1 is 1.40 bits per heavy atom. The van der Waals surface area contributed by atoms with Crippen molar-refractivity contribution in [2.75, 3.05) is 31.6 Å². The molecule has 25 heavy (non-hydrogen) atoms. The fourth-order valence-electron chi connectivity index (χ4n) is 3.15. The number of hydrogen-bond donors (Lipinski definition) is 2. The second-order valence-corrected chi connectivity index (χ2v) is 6.65. The van der Waals surface area contributed by atoms with Gasteiger partial charge in [0.2, 0.25) is 0 Å². The van der Waals surface area contributed by atoms with Crippen LogP contribution >= 0.6 is 0 Å². The zero-order valence-corrected chi connectivity index (χ0v) is 14.4. The van der Waals surface area contributed by atoms with E-state index in [-0.39, 0.29) is 18.7 Å². The number of nitrogens with one attached hydrogen (secondary N) is 1. The fourth-order valence-corrected chi connectivity index (χ4v) is 3.15. The molecule has 1 aromatic carbocycles. The minimum absolute atomic E-state index is 0.0963. The lowest BCUT2D eigenvalue weighted by Crippen LogP contribution is -2.34. The van der Waals surface area contributed by atoms with E-state index >= 15 is 0 Å². The number of carboxylic acid groups (broad SMARTS) is 1.